The molecular formula is C26H30N4O3. The molecule has 3 fully saturated rings. The number of nitrogens with zero attached hydrogens (tertiary/aromatic N) is 3. The lowest BCUT2D eigenvalue weighted by atomic mass is 9.75. The van der Waals surface area contributed by atoms with Gasteiger partial charge in [-0.1, -0.05) is 18.7 Å². The summed E-state index contributed by atoms with van der Waals surface area (Å²) in [5, 5.41) is 19.7. The van der Waals surface area contributed by atoms with Crippen LogP contribution in [0.1, 0.15) is 50.0 Å². The number of fused-ring (bicyclic) bond motifs is 1. The van der Waals surface area contributed by atoms with E-state index in [1.54, 1.807) is 12.1 Å². The van der Waals surface area contributed by atoms with Crippen LogP contribution in [0.2, 0.25) is 0 Å². The number of para-hydroxylation sites is 1. The summed E-state index contributed by atoms with van der Waals surface area (Å²) < 4.78 is 6.11. The Morgan fingerprint density at radius 2 is 2.00 bits per heavy atom. The Morgan fingerprint density at radius 3 is 2.67 bits per heavy atom. The number of likely N-dealkylation sites (tertiary alicyclic amines) is 1. The summed E-state index contributed by atoms with van der Waals surface area (Å²) in [5.41, 5.74) is 3.57. The first kappa shape index (κ1) is 21.6. The first-order valence-electron chi connectivity index (χ1n) is 11.8. The Hall–Kier alpha value is -3.19. The van der Waals surface area contributed by atoms with Crippen molar-refractivity contribution >= 4 is 16.9 Å². The lowest BCUT2D eigenvalue weighted by molar-refractivity contribution is -0.124. The molecule has 7 heteroatoms. The molecule has 33 heavy (non-hydrogen) atoms. The van der Waals surface area contributed by atoms with E-state index in [1.807, 2.05) is 29.3 Å². The minimum Gasteiger partial charge on any atom is -0.507 e. The maximum absolute atomic E-state index is 10.8. The van der Waals surface area contributed by atoms with Crippen LogP contribution in [0.15, 0.2) is 49.2 Å². The third-order valence-corrected chi connectivity index (χ3v) is 7.16. The molecule has 2 N–H and O–H groups in total. The minimum absolute atomic E-state index is 0.0764. The molecule has 0 radical (unpaired) electrons. The van der Waals surface area contributed by atoms with Crippen molar-refractivity contribution < 1.29 is 14.6 Å². The van der Waals surface area contributed by atoms with E-state index in [-0.39, 0.29) is 17.3 Å². The highest BCUT2D eigenvalue weighted by molar-refractivity contribution is 5.87. The van der Waals surface area contributed by atoms with E-state index in [4.69, 9.17) is 4.74 Å². The molecule has 7 nitrogen and oxygen atoms in total. The van der Waals surface area contributed by atoms with Crippen molar-refractivity contribution in [2.75, 3.05) is 19.7 Å². The lowest BCUT2D eigenvalue weighted by Gasteiger charge is -2.37. The first-order chi connectivity index (χ1) is 16.1. The minimum atomic E-state index is 0.0764. The second-order valence-corrected chi connectivity index (χ2v) is 9.24. The Balaban J connectivity index is 0.000000215. The first-order valence-corrected chi connectivity index (χ1v) is 11.8. The third kappa shape index (κ3) is 4.25. The predicted octanol–water partition coefficient (Wildman–Crippen LogP) is 4.55. The Labute approximate surface area is 193 Å². The lowest BCUT2D eigenvalue weighted by Crippen LogP contribution is -2.35. The van der Waals surface area contributed by atoms with Gasteiger partial charge in [0.2, 0.25) is 5.91 Å². The summed E-state index contributed by atoms with van der Waals surface area (Å²) in [6.07, 6.45) is 10.5. The van der Waals surface area contributed by atoms with Gasteiger partial charge in [0.15, 0.2) is 5.65 Å². The fourth-order valence-corrected chi connectivity index (χ4v) is 5.13. The zero-order chi connectivity index (χ0) is 22.8. The van der Waals surface area contributed by atoms with Crippen molar-refractivity contribution in [1.29, 1.82) is 0 Å². The van der Waals surface area contributed by atoms with Gasteiger partial charge in [-0.05, 0) is 68.4 Å². The van der Waals surface area contributed by atoms with E-state index in [2.05, 4.69) is 21.8 Å². The highest BCUT2D eigenvalue weighted by Crippen LogP contribution is 2.49. The van der Waals surface area contributed by atoms with Crippen molar-refractivity contribution in [1.82, 2.24) is 20.1 Å². The van der Waals surface area contributed by atoms with Crippen molar-refractivity contribution in [3.63, 3.8) is 0 Å². The van der Waals surface area contributed by atoms with E-state index in [0.717, 1.165) is 50.0 Å². The van der Waals surface area contributed by atoms with Gasteiger partial charge in [-0.25, -0.2) is 0 Å². The number of amides is 1. The topological polar surface area (TPSA) is 91.3 Å². The number of phenols is 1. The van der Waals surface area contributed by atoms with Gasteiger partial charge in [-0.2, -0.15) is 0 Å². The second-order valence-electron chi connectivity index (χ2n) is 9.24. The highest BCUT2D eigenvalue weighted by atomic mass is 16.5. The zero-order valence-corrected chi connectivity index (χ0v) is 18.8. The molecule has 1 saturated carbocycles. The molecule has 6 rings (SSSR count). The van der Waals surface area contributed by atoms with Crippen LogP contribution in [0.3, 0.4) is 0 Å². The molecule has 0 unspecified atom stereocenters. The summed E-state index contributed by atoms with van der Waals surface area (Å²) in [7, 11) is 0. The van der Waals surface area contributed by atoms with Crippen molar-refractivity contribution in [3.8, 4) is 17.0 Å². The van der Waals surface area contributed by atoms with Gasteiger partial charge >= 0.3 is 0 Å². The van der Waals surface area contributed by atoms with Crippen molar-refractivity contribution in [2.45, 2.75) is 50.0 Å². The fraction of sp³-hybridized carbons (Fsp3) is 0.423. The second kappa shape index (κ2) is 8.98. The van der Waals surface area contributed by atoms with Crippen LogP contribution >= 0.6 is 0 Å². The average molecular weight is 447 g/mol. The number of hydrogen-bond donors (Lipinski definition) is 2. The van der Waals surface area contributed by atoms with Gasteiger partial charge in [-0.3, -0.25) is 4.79 Å². The fourth-order valence-electron chi connectivity index (χ4n) is 5.13. The van der Waals surface area contributed by atoms with Crippen LogP contribution in [-0.2, 0) is 9.53 Å². The summed E-state index contributed by atoms with van der Waals surface area (Å²) in [6.45, 7) is 6.04. The SMILES string of the molecule is C=CC(=O)N1CCCC1.Oc1ccccc1-c1cc2c([C@@H]3COC4(CCC4)C3)c[nH]c2nn1. The van der Waals surface area contributed by atoms with E-state index in [9.17, 15) is 9.90 Å². The number of aromatic hydroxyl groups is 1. The third-order valence-electron chi connectivity index (χ3n) is 7.16. The average Bonchev–Trinajstić information content (AvgIpc) is 3.58. The molecule has 172 valence electrons. The Morgan fingerprint density at radius 1 is 1.21 bits per heavy atom. The number of phenolic OH excluding ortho intramolecular Hbond substituents is 1. The quantitative estimate of drug-likeness (QED) is 0.576. The number of H-pyrrole nitrogens is 1. The van der Waals surface area contributed by atoms with Crippen molar-refractivity contribution in [3.05, 3.63) is 54.7 Å². The van der Waals surface area contributed by atoms with Gasteiger partial charge in [0.25, 0.3) is 0 Å². The van der Waals surface area contributed by atoms with Gasteiger partial charge in [0, 0.05) is 36.2 Å². The van der Waals surface area contributed by atoms with E-state index in [1.165, 1.54) is 30.9 Å². The number of ether oxygens (including phenoxy) is 1. The van der Waals surface area contributed by atoms with Crippen molar-refractivity contribution in [2.24, 2.45) is 0 Å². The molecule has 3 aliphatic rings. The van der Waals surface area contributed by atoms with E-state index >= 15 is 0 Å². The summed E-state index contributed by atoms with van der Waals surface area (Å²) in [6, 6.07) is 9.25. The van der Waals surface area contributed by atoms with Gasteiger partial charge in [-0.15, -0.1) is 10.2 Å². The smallest absolute Gasteiger partial charge is 0.245 e. The monoisotopic (exact) mass is 446 g/mol. The number of aromatic nitrogens is 3. The number of rotatable bonds is 3. The molecule has 0 bridgehead atoms. The molecule has 1 aromatic carbocycles. The number of carbonyl (C=O) groups excluding carboxylic acids is 1. The van der Waals surface area contributed by atoms with Gasteiger partial charge in [0.1, 0.15) is 5.75 Å². The van der Waals surface area contributed by atoms with Crippen LogP contribution < -0.4 is 0 Å². The molecule has 1 spiro atoms. The van der Waals surface area contributed by atoms with E-state index in [0.29, 0.717) is 17.2 Å². The van der Waals surface area contributed by atoms with Crippen LogP contribution in [0.4, 0.5) is 0 Å². The predicted molar refractivity (Wildman–Crippen MR) is 127 cm³/mol. The maximum atomic E-state index is 10.8. The number of aromatic amines is 1. The zero-order valence-electron chi connectivity index (χ0n) is 18.8. The molecule has 4 heterocycles. The highest BCUT2D eigenvalue weighted by Gasteiger charge is 2.45. The van der Waals surface area contributed by atoms with Gasteiger partial charge in [0.05, 0.1) is 17.9 Å². The molecule has 2 aliphatic heterocycles. The molecular weight excluding hydrogens is 416 g/mol. The number of hydrogen-bond acceptors (Lipinski definition) is 5. The summed E-state index contributed by atoms with van der Waals surface area (Å²) in [4.78, 5) is 15.9. The summed E-state index contributed by atoms with van der Waals surface area (Å²) >= 11 is 0. The normalized spacial score (nSPS) is 21.0. The Kier molecular flexibility index (Phi) is 5.89. The number of nitrogens with one attached hydrogen (secondary N) is 1. The molecule has 1 atom stereocenters. The maximum Gasteiger partial charge on any atom is 0.245 e. The standard InChI is InChI=1S/C19H19N3O2.C7H11NO/c23-17-5-2-1-4-13(17)16-8-14-15(10-20-18(14)22-21-16)12-9-19(24-11-12)6-3-7-19;1-2-7(9)8-5-3-4-6-8/h1-2,4-5,8,10,12,23H,3,6-7,9,11H2,(H,20,22);2H,1,3-6H2/t12-;/m0./s1. The van der Waals surface area contributed by atoms with Crippen LogP contribution in [0.5, 0.6) is 5.75 Å². The van der Waals surface area contributed by atoms with E-state index < -0.39 is 0 Å². The largest absolute Gasteiger partial charge is 0.507 e. The van der Waals surface area contributed by atoms with Crippen LogP contribution in [-0.4, -0.2) is 56.4 Å². The molecule has 3 aromatic rings. The number of benzene rings is 1. The summed E-state index contributed by atoms with van der Waals surface area (Å²) in [5.74, 6) is 0.703. The molecule has 2 saturated heterocycles. The van der Waals surface area contributed by atoms with Crippen LogP contribution in [0, 0.1) is 0 Å². The molecule has 1 aliphatic carbocycles. The number of carbonyl (C=O) groups is 1. The molecule has 1 amide bonds. The van der Waals surface area contributed by atoms with Crippen LogP contribution in [0.25, 0.3) is 22.3 Å². The molecule has 2 aromatic heterocycles. The Bertz CT molecular complexity index is 1160. The van der Waals surface area contributed by atoms with Gasteiger partial charge < -0.3 is 19.7 Å².